The van der Waals surface area contributed by atoms with Crippen LogP contribution in [0.5, 0.6) is 0 Å². The highest BCUT2D eigenvalue weighted by molar-refractivity contribution is 5.29. The van der Waals surface area contributed by atoms with Crippen molar-refractivity contribution in [2.45, 2.75) is 64.8 Å². The molecule has 1 aliphatic rings. The third kappa shape index (κ3) is 3.95. The van der Waals surface area contributed by atoms with Crippen molar-refractivity contribution in [2.75, 3.05) is 6.54 Å². The van der Waals surface area contributed by atoms with Gasteiger partial charge in [0.1, 0.15) is 0 Å². The van der Waals surface area contributed by atoms with Gasteiger partial charge >= 0.3 is 0 Å². The van der Waals surface area contributed by atoms with Gasteiger partial charge in [0.15, 0.2) is 0 Å². The van der Waals surface area contributed by atoms with Gasteiger partial charge in [0, 0.05) is 18.8 Å². The Morgan fingerprint density at radius 3 is 2.80 bits per heavy atom. The first-order chi connectivity index (χ1) is 9.72. The average Bonchev–Trinajstić information content (AvgIpc) is 2.71. The third-order valence-corrected chi connectivity index (χ3v) is 4.16. The van der Waals surface area contributed by atoms with E-state index < -0.39 is 0 Å². The van der Waals surface area contributed by atoms with Gasteiger partial charge in [0.05, 0.1) is 11.7 Å². The predicted octanol–water partition coefficient (Wildman–Crippen LogP) is 4.05. The number of hydrogen-bond donors (Lipinski definition) is 1. The molecule has 3 nitrogen and oxygen atoms in total. The van der Waals surface area contributed by atoms with Crippen LogP contribution in [0.15, 0.2) is 17.8 Å². The van der Waals surface area contributed by atoms with Crippen LogP contribution in [-0.2, 0) is 7.05 Å². The molecule has 1 atom stereocenters. The number of nitrogens with one attached hydrogen (secondary N) is 1. The molecule has 0 amide bonds. The van der Waals surface area contributed by atoms with E-state index >= 15 is 0 Å². The molecule has 1 heterocycles. The highest BCUT2D eigenvalue weighted by Gasteiger charge is 2.20. The van der Waals surface area contributed by atoms with Gasteiger partial charge in [-0.1, -0.05) is 31.4 Å². The second-order valence-corrected chi connectivity index (χ2v) is 5.96. The Morgan fingerprint density at radius 2 is 2.10 bits per heavy atom. The van der Waals surface area contributed by atoms with Crippen LogP contribution in [-0.4, -0.2) is 16.3 Å². The topological polar surface area (TPSA) is 29.9 Å². The molecule has 2 rings (SSSR count). The van der Waals surface area contributed by atoms with Gasteiger partial charge in [-0.25, -0.2) is 0 Å². The number of nitrogens with zero attached hydrogens (tertiary/aromatic N) is 2. The lowest BCUT2D eigenvalue weighted by molar-refractivity contribution is 0.539. The summed E-state index contributed by atoms with van der Waals surface area (Å²) in [5, 5.41) is 8.26. The zero-order valence-electron chi connectivity index (χ0n) is 13.3. The Balaban J connectivity index is 2.23. The summed E-state index contributed by atoms with van der Waals surface area (Å²) in [6.45, 7) is 5.42. The van der Waals surface area contributed by atoms with E-state index in [0.717, 1.165) is 12.2 Å². The molecule has 0 aliphatic heterocycles. The van der Waals surface area contributed by atoms with Crippen LogP contribution in [0.25, 0.3) is 0 Å². The molecule has 20 heavy (non-hydrogen) atoms. The molecule has 1 N–H and O–H groups in total. The fourth-order valence-electron chi connectivity index (χ4n) is 3.11. The van der Waals surface area contributed by atoms with E-state index in [4.69, 9.17) is 0 Å². The quantitative estimate of drug-likeness (QED) is 0.822. The molecule has 1 aliphatic carbocycles. The molecular weight excluding hydrogens is 246 g/mol. The summed E-state index contributed by atoms with van der Waals surface area (Å²) in [5.74, 6) is 0. The Kier molecular flexibility index (Phi) is 5.84. The van der Waals surface area contributed by atoms with E-state index in [-0.39, 0.29) is 0 Å². The SMILES string of the molecule is CCCNC(C1=CCCCCCC1)c1cn(C)nc1C. The molecule has 0 radical (unpaired) electrons. The van der Waals surface area contributed by atoms with Crippen molar-refractivity contribution in [1.29, 1.82) is 0 Å². The summed E-state index contributed by atoms with van der Waals surface area (Å²) < 4.78 is 1.94. The maximum absolute atomic E-state index is 4.53. The molecule has 0 saturated heterocycles. The summed E-state index contributed by atoms with van der Waals surface area (Å²) in [6, 6.07) is 0.363. The van der Waals surface area contributed by atoms with Gasteiger partial charge in [-0.15, -0.1) is 0 Å². The van der Waals surface area contributed by atoms with Gasteiger partial charge in [-0.2, -0.15) is 5.10 Å². The maximum atomic E-state index is 4.53. The Bertz CT molecular complexity index is 445. The fourth-order valence-corrected chi connectivity index (χ4v) is 3.11. The van der Waals surface area contributed by atoms with Crippen LogP contribution >= 0.6 is 0 Å². The molecule has 1 unspecified atom stereocenters. The molecule has 0 bridgehead atoms. The van der Waals surface area contributed by atoms with Crippen LogP contribution in [0.4, 0.5) is 0 Å². The van der Waals surface area contributed by atoms with Crippen molar-refractivity contribution in [2.24, 2.45) is 7.05 Å². The minimum absolute atomic E-state index is 0.363. The highest BCUT2D eigenvalue weighted by Crippen LogP contribution is 2.30. The summed E-state index contributed by atoms with van der Waals surface area (Å²) in [6.07, 6.45) is 13.7. The largest absolute Gasteiger partial charge is 0.306 e. The molecule has 3 heteroatoms. The standard InChI is InChI=1S/C17H29N3/c1-4-12-18-17(16-13-20(3)19-14(16)2)15-10-8-6-5-7-9-11-15/h10,13,17-18H,4-9,11-12H2,1-3H3. The molecule has 0 fully saturated rings. The zero-order chi connectivity index (χ0) is 14.4. The van der Waals surface area contributed by atoms with Crippen LogP contribution in [0, 0.1) is 6.92 Å². The summed E-state index contributed by atoms with van der Waals surface area (Å²) in [5.41, 5.74) is 4.09. The first-order valence-corrected chi connectivity index (χ1v) is 8.14. The lowest BCUT2D eigenvalue weighted by atomic mass is 9.91. The van der Waals surface area contributed by atoms with Crippen molar-refractivity contribution in [3.05, 3.63) is 29.1 Å². The van der Waals surface area contributed by atoms with Crippen molar-refractivity contribution < 1.29 is 0 Å². The number of aryl methyl sites for hydroxylation is 2. The zero-order valence-corrected chi connectivity index (χ0v) is 13.3. The Morgan fingerprint density at radius 1 is 1.30 bits per heavy atom. The smallest absolute Gasteiger partial charge is 0.0644 e. The lowest BCUT2D eigenvalue weighted by Crippen LogP contribution is -2.24. The second kappa shape index (κ2) is 7.63. The van der Waals surface area contributed by atoms with Crippen molar-refractivity contribution in [3.8, 4) is 0 Å². The van der Waals surface area contributed by atoms with Crippen LogP contribution in [0.2, 0.25) is 0 Å². The van der Waals surface area contributed by atoms with E-state index in [1.165, 1.54) is 50.5 Å². The second-order valence-electron chi connectivity index (χ2n) is 5.96. The lowest BCUT2D eigenvalue weighted by Gasteiger charge is -2.23. The monoisotopic (exact) mass is 275 g/mol. The molecule has 1 aromatic heterocycles. The third-order valence-electron chi connectivity index (χ3n) is 4.16. The van der Waals surface area contributed by atoms with Gasteiger partial charge in [-0.05, 0) is 45.6 Å². The summed E-state index contributed by atoms with van der Waals surface area (Å²) in [4.78, 5) is 0. The van der Waals surface area contributed by atoms with Crippen molar-refractivity contribution in [3.63, 3.8) is 0 Å². The van der Waals surface area contributed by atoms with Gasteiger partial charge in [0.25, 0.3) is 0 Å². The molecule has 0 spiro atoms. The fraction of sp³-hybridized carbons (Fsp3) is 0.706. The first-order valence-electron chi connectivity index (χ1n) is 8.14. The van der Waals surface area contributed by atoms with Crippen LogP contribution in [0.1, 0.15) is 69.2 Å². The molecular formula is C17H29N3. The molecule has 0 aromatic carbocycles. The van der Waals surface area contributed by atoms with E-state index in [1.807, 2.05) is 11.7 Å². The maximum Gasteiger partial charge on any atom is 0.0644 e. The number of aromatic nitrogens is 2. The van der Waals surface area contributed by atoms with Gasteiger partial charge in [0.2, 0.25) is 0 Å². The van der Waals surface area contributed by atoms with E-state index in [1.54, 1.807) is 5.57 Å². The van der Waals surface area contributed by atoms with Crippen LogP contribution < -0.4 is 5.32 Å². The van der Waals surface area contributed by atoms with Crippen LogP contribution in [0.3, 0.4) is 0 Å². The van der Waals surface area contributed by atoms with E-state index in [2.05, 4.69) is 36.5 Å². The molecule has 0 saturated carbocycles. The highest BCUT2D eigenvalue weighted by atomic mass is 15.3. The summed E-state index contributed by atoms with van der Waals surface area (Å²) in [7, 11) is 2.01. The number of rotatable bonds is 5. The minimum atomic E-state index is 0.363. The number of allylic oxidation sites excluding steroid dienone is 1. The minimum Gasteiger partial charge on any atom is -0.306 e. The summed E-state index contributed by atoms with van der Waals surface area (Å²) >= 11 is 0. The van der Waals surface area contributed by atoms with Crippen molar-refractivity contribution >= 4 is 0 Å². The van der Waals surface area contributed by atoms with Crippen molar-refractivity contribution in [1.82, 2.24) is 15.1 Å². The average molecular weight is 275 g/mol. The van der Waals surface area contributed by atoms with Gasteiger partial charge in [-0.3, -0.25) is 4.68 Å². The normalized spacial score (nSPS) is 18.2. The Hall–Kier alpha value is -1.09. The van der Waals surface area contributed by atoms with E-state index in [0.29, 0.717) is 6.04 Å². The van der Waals surface area contributed by atoms with E-state index in [9.17, 15) is 0 Å². The first kappa shape index (κ1) is 15.3. The Labute approximate surface area is 123 Å². The van der Waals surface area contributed by atoms with Gasteiger partial charge < -0.3 is 5.32 Å². The molecule has 1 aromatic rings. The number of hydrogen-bond acceptors (Lipinski definition) is 2. The molecule has 112 valence electrons. The predicted molar refractivity (Wildman–Crippen MR) is 84.8 cm³/mol.